The molecule has 0 bridgehead atoms. The van der Waals surface area contributed by atoms with Crippen LogP contribution in [0.1, 0.15) is 50.4 Å². The maximum atomic E-state index is 10.9. The number of aromatic nitrogens is 4. The van der Waals surface area contributed by atoms with E-state index in [4.69, 9.17) is 16.3 Å². The average molecular weight is 470 g/mol. The van der Waals surface area contributed by atoms with Crippen molar-refractivity contribution in [2.75, 3.05) is 0 Å². The Labute approximate surface area is 204 Å². The van der Waals surface area contributed by atoms with E-state index in [1.54, 1.807) is 12.4 Å². The molecule has 178 valence electrons. The van der Waals surface area contributed by atoms with Crippen LogP contribution >= 0.6 is 0 Å². The van der Waals surface area contributed by atoms with E-state index in [9.17, 15) is 4.79 Å². The number of carbonyl (C=O) groups is 1. The number of nitrogens with one attached hydrogen (secondary N) is 1. The van der Waals surface area contributed by atoms with Crippen molar-refractivity contribution in [1.82, 2.24) is 20.2 Å². The third kappa shape index (κ3) is 6.42. The van der Waals surface area contributed by atoms with E-state index in [2.05, 4.69) is 31.1 Å². The summed E-state index contributed by atoms with van der Waals surface area (Å²) < 4.78 is 6.00. The van der Waals surface area contributed by atoms with Crippen molar-refractivity contribution in [2.24, 2.45) is 10.9 Å². The first kappa shape index (κ1) is 23.9. The van der Waals surface area contributed by atoms with Gasteiger partial charge in [0.15, 0.2) is 11.6 Å². The molecule has 8 heteroatoms. The minimum absolute atomic E-state index is 0.0661. The minimum atomic E-state index is -0.731. The van der Waals surface area contributed by atoms with Crippen LogP contribution in [0.3, 0.4) is 0 Å². The van der Waals surface area contributed by atoms with Crippen LogP contribution in [-0.4, -0.2) is 43.1 Å². The van der Waals surface area contributed by atoms with E-state index in [0.29, 0.717) is 23.1 Å². The van der Waals surface area contributed by atoms with Crippen LogP contribution in [0.15, 0.2) is 59.9 Å². The van der Waals surface area contributed by atoms with E-state index >= 15 is 0 Å². The van der Waals surface area contributed by atoms with Gasteiger partial charge in [-0.2, -0.15) is 5.10 Å². The Morgan fingerprint density at radius 3 is 2.66 bits per heavy atom. The predicted octanol–water partition coefficient (Wildman–Crippen LogP) is 4.76. The molecule has 2 heterocycles. The summed E-state index contributed by atoms with van der Waals surface area (Å²) in [5, 5.41) is 16.1. The third-order valence-electron chi connectivity index (χ3n) is 6.01. The maximum Gasteiger partial charge on any atom is 0.303 e. The van der Waals surface area contributed by atoms with Crippen LogP contribution in [0.5, 0.6) is 5.88 Å². The maximum absolute atomic E-state index is 10.9. The first-order chi connectivity index (χ1) is 17.0. The second-order valence-corrected chi connectivity index (χ2v) is 8.52. The number of rotatable bonds is 8. The summed E-state index contributed by atoms with van der Waals surface area (Å²) in [4.78, 5) is 24.3. The molecule has 0 aliphatic heterocycles. The molecule has 0 radical (unpaired) electrons. The Kier molecular flexibility index (Phi) is 7.68. The van der Waals surface area contributed by atoms with Gasteiger partial charge < -0.3 is 9.84 Å². The van der Waals surface area contributed by atoms with E-state index in [-0.39, 0.29) is 18.4 Å². The smallest absolute Gasteiger partial charge is 0.303 e. The summed E-state index contributed by atoms with van der Waals surface area (Å²) in [7, 11) is 0. The number of aromatic amines is 1. The lowest BCUT2D eigenvalue weighted by Gasteiger charge is -2.27. The lowest BCUT2D eigenvalue weighted by Crippen LogP contribution is -2.25. The van der Waals surface area contributed by atoms with Gasteiger partial charge in [0.1, 0.15) is 6.10 Å². The molecule has 35 heavy (non-hydrogen) atoms. The molecule has 2 N–H and O–H groups in total. The number of ether oxygens (including phenoxy) is 1. The van der Waals surface area contributed by atoms with Crippen LogP contribution in [0.2, 0.25) is 0 Å². The van der Waals surface area contributed by atoms with Gasteiger partial charge in [0.2, 0.25) is 5.88 Å². The molecule has 1 aliphatic carbocycles. The van der Waals surface area contributed by atoms with Crippen LogP contribution in [0.25, 0.3) is 17.0 Å². The summed E-state index contributed by atoms with van der Waals surface area (Å²) in [5.41, 5.74) is 2.97. The number of benzene rings is 1. The Morgan fingerprint density at radius 2 is 2.00 bits per heavy atom. The van der Waals surface area contributed by atoms with Gasteiger partial charge in [-0.05, 0) is 44.6 Å². The topological polar surface area (TPSA) is 113 Å². The number of hydrogen-bond donors (Lipinski definition) is 2. The van der Waals surface area contributed by atoms with E-state index in [1.165, 1.54) is 0 Å². The van der Waals surface area contributed by atoms with Crippen molar-refractivity contribution in [3.63, 3.8) is 0 Å². The molecule has 0 unspecified atom stereocenters. The SMILES string of the molecule is C#CC(=CN=C(C)c1ccc(OC2CCC(CC(=O)O)CC2)nc1)c1n[nH]c(-c2ccccc2)n1. The number of terminal acetylenes is 1. The van der Waals surface area contributed by atoms with Gasteiger partial charge in [0.25, 0.3) is 0 Å². The molecule has 1 aliphatic rings. The molecule has 3 aromatic rings. The van der Waals surface area contributed by atoms with E-state index in [0.717, 1.165) is 42.5 Å². The molecule has 1 saturated carbocycles. The zero-order valence-electron chi connectivity index (χ0n) is 19.5. The van der Waals surface area contributed by atoms with Gasteiger partial charge in [-0.25, -0.2) is 9.97 Å². The zero-order chi connectivity index (χ0) is 24.6. The highest BCUT2D eigenvalue weighted by Gasteiger charge is 2.24. The molecule has 2 aromatic heterocycles. The predicted molar refractivity (Wildman–Crippen MR) is 134 cm³/mol. The number of aliphatic imine (C=N–C) groups is 1. The summed E-state index contributed by atoms with van der Waals surface area (Å²) in [6.45, 7) is 1.87. The monoisotopic (exact) mass is 469 g/mol. The number of carboxylic acids is 1. The van der Waals surface area contributed by atoms with Crippen molar-refractivity contribution in [3.05, 3.63) is 66.2 Å². The fourth-order valence-corrected chi connectivity index (χ4v) is 4.04. The molecule has 1 aromatic carbocycles. The van der Waals surface area contributed by atoms with Crippen molar-refractivity contribution >= 4 is 17.3 Å². The lowest BCUT2D eigenvalue weighted by molar-refractivity contribution is -0.138. The highest BCUT2D eigenvalue weighted by molar-refractivity contribution is 5.99. The number of carboxylic acid groups (broad SMARTS) is 1. The summed E-state index contributed by atoms with van der Waals surface area (Å²) >= 11 is 0. The quantitative estimate of drug-likeness (QED) is 0.363. The normalized spacial score (nSPS) is 18.6. The molecule has 0 amide bonds. The van der Waals surface area contributed by atoms with Gasteiger partial charge in [-0.3, -0.25) is 14.9 Å². The largest absolute Gasteiger partial charge is 0.481 e. The lowest BCUT2D eigenvalue weighted by atomic mass is 9.85. The van der Waals surface area contributed by atoms with Crippen LogP contribution in [0.4, 0.5) is 0 Å². The van der Waals surface area contributed by atoms with E-state index in [1.807, 2.05) is 49.4 Å². The number of H-pyrrole nitrogens is 1. The van der Waals surface area contributed by atoms with E-state index < -0.39 is 5.97 Å². The Bertz CT molecular complexity index is 1250. The van der Waals surface area contributed by atoms with Gasteiger partial charge in [-0.1, -0.05) is 36.3 Å². The molecule has 8 nitrogen and oxygen atoms in total. The first-order valence-corrected chi connectivity index (χ1v) is 11.6. The fraction of sp³-hybridized carbons (Fsp3) is 0.296. The second-order valence-electron chi connectivity index (χ2n) is 8.52. The van der Waals surface area contributed by atoms with Crippen molar-refractivity contribution in [3.8, 4) is 29.6 Å². The Hall–Kier alpha value is -4.25. The van der Waals surface area contributed by atoms with Crippen LogP contribution in [0, 0.1) is 18.3 Å². The Morgan fingerprint density at radius 1 is 1.23 bits per heavy atom. The summed E-state index contributed by atoms with van der Waals surface area (Å²) in [6, 6.07) is 13.4. The standard InChI is InChI=1S/C27H27N5O3/c1-3-20(26-30-27(32-31-26)21-7-5-4-6-8-21)16-28-18(2)22-11-14-24(29-17-22)35-23-12-9-19(10-13-23)15-25(33)34/h1,4-8,11,14,16-17,19,23H,9-10,12-13,15H2,2H3,(H,33,34)(H,30,31,32). The summed E-state index contributed by atoms with van der Waals surface area (Å²) in [6.07, 6.45) is 12.7. The summed E-state index contributed by atoms with van der Waals surface area (Å²) in [5.74, 6) is 3.70. The molecular weight excluding hydrogens is 442 g/mol. The van der Waals surface area contributed by atoms with Crippen LogP contribution < -0.4 is 4.74 Å². The molecule has 0 spiro atoms. The van der Waals surface area contributed by atoms with Crippen LogP contribution in [-0.2, 0) is 4.79 Å². The van der Waals surface area contributed by atoms with Gasteiger partial charge >= 0.3 is 5.97 Å². The highest BCUT2D eigenvalue weighted by atomic mass is 16.5. The average Bonchev–Trinajstić information content (AvgIpc) is 3.36. The minimum Gasteiger partial charge on any atom is -0.481 e. The molecule has 1 fully saturated rings. The third-order valence-corrected chi connectivity index (χ3v) is 6.01. The van der Waals surface area contributed by atoms with Gasteiger partial charge in [0, 0.05) is 41.7 Å². The van der Waals surface area contributed by atoms with Crippen molar-refractivity contribution < 1.29 is 14.6 Å². The Balaban J connectivity index is 1.37. The van der Waals surface area contributed by atoms with Crippen molar-refractivity contribution in [2.45, 2.75) is 45.1 Å². The number of nitrogens with zero attached hydrogens (tertiary/aromatic N) is 4. The second kappa shape index (κ2) is 11.3. The fourth-order valence-electron chi connectivity index (χ4n) is 4.04. The number of pyridine rings is 1. The highest BCUT2D eigenvalue weighted by Crippen LogP contribution is 2.29. The number of hydrogen-bond acceptors (Lipinski definition) is 6. The molecule has 0 atom stereocenters. The number of aliphatic carboxylic acids is 1. The van der Waals surface area contributed by atoms with Crippen molar-refractivity contribution in [1.29, 1.82) is 0 Å². The van der Waals surface area contributed by atoms with Gasteiger partial charge in [-0.15, -0.1) is 6.42 Å². The molecule has 0 saturated heterocycles. The number of allylic oxidation sites excluding steroid dienone is 1. The van der Waals surface area contributed by atoms with Gasteiger partial charge in [0.05, 0.1) is 5.57 Å². The molecular formula is C27H27N5O3. The first-order valence-electron chi connectivity index (χ1n) is 11.6. The molecule has 4 rings (SSSR count). The zero-order valence-corrected chi connectivity index (χ0v) is 19.5.